The Labute approximate surface area is 185 Å². The van der Waals surface area contributed by atoms with Crippen molar-refractivity contribution in [3.8, 4) is 23.0 Å². The third kappa shape index (κ3) is 5.64. The quantitative estimate of drug-likeness (QED) is 0.502. The van der Waals surface area contributed by atoms with Gasteiger partial charge >= 0.3 is 0 Å². The predicted octanol–water partition coefficient (Wildman–Crippen LogP) is 4.20. The van der Waals surface area contributed by atoms with Crippen molar-refractivity contribution in [2.75, 3.05) is 32.8 Å². The standard InChI is InChI=1S/C22H25N3O5S/c1-5-29-17-10-8-15(13-19(17)30-6-2)21(26)23-22-25-24-20(31-22)12-14-7-9-16(27-3)18(11-14)28-4/h7-11,13H,5-6,12H2,1-4H3,(H,23,25,26). The van der Waals surface area contributed by atoms with Crippen LogP contribution in [0.2, 0.25) is 0 Å². The highest BCUT2D eigenvalue weighted by atomic mass is 32.1. The molecule has 0 bridgehead atoms. The van der Waals surface area contributed by atoms with E-state index in [2.05, 4.69) is 15.5 Å². The smallest absolute Gasteiger partial charge is 0.257 e. The Hall–Kier alpha value is -3.33. The van der Waals surface area contributed by atoms with Gasteiger partial charge in [0.2, 0.25) is 5.13 Å². The van der Waals surface area contributed by atoms with Gasteiger partial charge in [-0.1, -0.05) is 17.4 Å². The zero-order valence-corrected chi connectivity index (χ0v) is 18.7. The predicted molar refractivity (Wildman–Crippen MR) is 119 cm³/mol. The summed E-state index contributed by atoms with van der Waals surface area (Å²) < 4.78 is 21.7. The molecule has 3 aromatic rings. The van der Waals surface area contributed by atoms with E-state index in [9.17, 15) is 4.79 Å². The maximum atomic E-state index is 12.7. The number of amides is 1. The van der Waals surface area contributed by atoms with Crippen LogP contribution in [0.5, 0.6) is 23.0 Å². The Morgan fingerprint density at radius 3 is 2.32 bits per heavy atom. The van der Waals surface area contributed by atoms with Gasteiger partial charge in [0.1, 0.15) is 5.01 Å². The van der Waals surface area contributed by atoms with Crippen LogP contribution in [0.4, 0.5) is 5.13 Å². The molecule has 0 saturated heterocycles. The summed E-state index contributed by atoms with van der Waals surface area (Å²) in [4.78, 5) is 12.7. The summed E-state index contributed by atoms with van der Waals surface area (Å²) in [5.41, 5.74) is 1.45. The van der Waals surface area contributed by atoms with Crippen molar-refractivity contribution in [1.82, 2.24) is 10.2 Å². The average Bonchev–Trinajstić information content (AvgIpc) is 3.21. The van der Waals surface area contributed by atoms with E-state index in [1.165, 1.54) is 11.3 Å². The highest BCUT2D eigenvalue weighted by Gasteiger charge is 2.15. The summed E-state index contributed by atoms with van der Waals surface area (Å²) >= 11 is 1.32. The molecule has 0 aliphatic heterocycles. The first-order chi connectivity index (χ1) is 15.1. The van der Waals surface area contributed by atoms with Crippen LogP contribution >= 0.6 is 11.3 Å². The highest BCUT2D eigenvalue weighted by molar-refractivity contribution is 7.15. The van der Waals surface area contributed by atoms with Crippen LogP contribution in [0.1, 0.15) is 34.8 Å². The summed E-state index contributed by atoms with van der Waals surface area (Å²) in [7, 11) is 3.19. The van der Waals surface area contributed by atoms with E-state index in [0.717, 1.165) is 10.6 Å². The molecule has 1 amide bonds. The first-order valence-corrected chi connectivity index (χ1v) is 10.6. The van der Waals surface area contributed by atoms with Crippen LogP contribution < -0.4 is 24.3 Å². The molecule has 8 nitrogen and oxygen atoms in total. The monoisotopic (exact) mass is 443 g/mol. The number of hydrogen-bond donors (Lipinski definition) is 1. The second-order valence-electron chi connectivity index (χ2n) is 6.35. The third-order valence-electron chi connectivity index (χ3n) is 4.30. The number of aromatic nitrogens is 2. The lowest BCUT2D eigenvalue weighted by Crippen LogP contribution is -2.12. The van der Waals surface area contributed by atoms with Gasteiger partial charge in [-0.2, -0.15) is 0 Å². The van der Waals surface area contributed by atoms with Gasteiger partial charge in [-0.15, -0.1) is 10.2 Å². The van der Waals surface area contributed by atoms with Crippen LogP contribution in [-0.4, -0.2) is 43.5 Å². The van der Waals surface area contributed by atoms with E-state index in [4.69, 9.17) is 18.9 Å². The van der Waals surface area contributed by atoms with Crippen molar-refractivity contribution in [3.63, 3.8) is 0 Å². The number of ether oxygens (including phenoxy) is 4. The average molecular weight is 444 g/mol. The normalized spacial score (nSPS) is 10.5. The number of methoxy groups -OCH3 is 2. The fourth-order valence-electron chi connectivity index (χ4n) is 2.90. The van der Waals surface area contributed by atoms with E-state index in [0.29, 0.717) is 53.3 Å². The van der Waals surface area contributed by atoms with Crippen molar-refractivity contribution < 1.29 is 23.7 Å². The summed E-state index contributed by atoms with van der Waals surface area (Å²) in [6.07, 6.45) is 0.561. The fourth-order valence-corrected chi connectivity index (χ4v) is 3.67. The molecule has 0 radical (unpaired) electrons. The molecule has 0 fully saturated rings. The van der Waals surface area contributed by atoms with Gasteiger partial charge in [-0.05, 0) is 49.7 Å². The van der Waals surface area contributed by atoms with E-state index in [-0.39, 0.29) is 5.91 Å². The van der Waals surface area contributed by atoms with Crippen LogP contribution in [0.3, 0.4) is 0 Å². The minimum Gasteiger partial charge on any atom is -0.493 e. The number of carbonyl (C=O) groups is 1. The molecule has 3 rings (SSSR count). The van der Waals surface area contributed by atoms with Gasteiger partial charge in [0.15, 0.2) is 23.0 Å². The lowest BCUT2D eigenvalue weighted by atomic mass is 10.1. The van der Waals surface area contributed by atoms with Gasteiger partial charge < -0.3 is 18.9 Å². The largest absolute Gasteiger partial charge is 0.493 e. The number of hydrogen-bond acceptors (Lipinski definition) is 8. The second-order valence-corrected chi connectivity index (χ2v) is 7.41. The van der Waals surface area contributed by atoms with Crippen molar-refractivity contribution in [2.45, 2.75) is 20.3 Å². The fraction of sp³-hybridized carbons (Fsp3) is 0.318. The Morgan fingerprint density at radius 1 is 0.903 bits per heavy atom. The molecule has 0 aliphatic rings. The molecule has 1 N–H and O–H groups in total. The second kappa shape index (κ2) is 10.6. The first-order valence-electron chi connectivity index (χ1n) is 9.82. The van der Waals surface area contributed by atoms with Crippen LogP contribution in [0, 0.1) is 0 Å². The molecule has 0 atom stereocenters. The lowest BCUT2D eigenvalue weighted by Gasteiger charge is -2.12. The zero-order valence-electron chi connectivity index (χ0n) is 17.9. The van der Waals surface area contributed by atoms with E-state index in [1.807, 2.05) is 32.0 Å². The summed E-state index contributed by atoms with van der Waals surface area (Å²) in [5.74, 6) is 2.16. The number of carbonyl (C=O) groups excluding carboxylic acids is 1. The summed E-state index contributed by atoms with van der Waals surface area (Å²) in [6.45, 7) is 4.76. The van der Waals surface area contributed by atoms with Gasteiger partial charge in [0, 0.05) is 12.0 Å². The van der Waals surface area contributed by atoms with Crippen LogP contribution in [0.15, 0.2) is 36.4 Å². The van der Waals surface area contributed by atoms with Gasteiger partial charge in [-0.3, -0.25) is 10.1 Å². The Balaban J connectivity index is 1.69. The van der Waals surface area contributed by atoms with E-state index < -0.39 is 0 Å². The number of benzene rings is 2. The van der Waals surface area contributed by atoms with Gasteiger partial charge in [-0.25, -0.2) is 0 Å². The number of nitrogens with zero attached hydrogens (tertiary/aromatic N) is 2. The molecule has 9 heteroatoms. The molecule has 164 valence electrons. The SMILES string of the molecule is CCOc1ccc(C(=O)Nc2nnc(Cc3ccc(OC)c(OC)c3)s2)cc1OCC. The maximum Gasteiger partial charge on any atom is 0.257 e. The molecule has 0 saturated carbocycles. The molecule has 31 heavy (non-hydrogen) atoms. The molecular weight excluding hydrogens is 418 g/mol. The molecule has 1 heterocycles. The van der Waals surface area contributed by atoms with Crippen molar-refractivity contribution in [2.24, 2.45) is 0 Å². The summed E-state index contributed by atoms with van der Waals surface area (Å²) in [5, 5.41) is 12.2. The molecule has 0 aliphatic carbocycles. The molecular formula is C22H25N3O5S. The number of anilines is 1. The third-order valence-corrected chi connectivity index (χ3v) is 5.13. The molecule has 0 unspecified atom stereocenters. The van der Waals surface area contributed by atoms with Crippen molar-refractivity contribution >= 4 is 22.4 Å². The minimum atomic E-state index is -0.294. The Kier molecular flexibility index (Phi) is 7.66. The first kappa shape index (κ1) is 22.4. The van der Waals surface area contributed by atoms with Gasteiger partial charge in [0.05, 0.1) is 27.4 Å². The molecule has 1 aromatic heterocycles. The Morgan fingerprint density at radius 2 is 1.61 bits per heavy atom. The molecule has 0 spiro atoms. The lowest BCUT2D eigenvalue weighted by molar-refractivity contribution is 0.102. The topological polar surface area (TPSA) is 91.8 Å². The van der Waals surface area contributed by atoms with Crippen molar-refractivity contribution in [3.05, 3.63) is 52.5 Å². The van der Waals surface area contributed by atoms with E-state index in [1.54, 1.807) is 32.4 Å². The maximum absolute atomic E-state index is 12.7. The zero-order chi connectivity index (χ0) is 22.2. The van der Waals surface area contributed by atoms with Crippen molar-refractivity contribution in [1.29, 1.82) is 0 Å². The van der Waals surface area contributed by atoms with Gasteiger partial charge in [0.25, 0.3) is 5.91 Å². The summed E-state index contributed by atoms with van der Waals surface area (Å²) in [6, 6.07) is 10.8. The number of rotatable bonds is 10. The Bertz CT molecular complexity index is 1040. The minimum absolute atomic E-state index is 0.294. The molecule has 2 aromatic carbocycles. The van der Waals surface area contributed by atoms with E-state index >= 15 is 0 Å². The number of nitrogens with one attached hydrogen (secondary N) is 1. The van der Waals surface area contributed by atoms with Crippen LogP contribution in [0.25, 0.3) is 0 Å². The highest BCUT2D eigenvalue weighted by Crippen LogP contribution is 2.30. The van der Waals surface area contributed by atoms with Crippen LogP contribution in [-0.2, 0) is 6.42 Å².